The highest BCUT2D eigenvalue weighted by atomic mass is 32.1. The first-order chi connectivity index (χ1) is 15.0. The highest BCUT2D eigenvalue weighted by molar-refractivity contribution is 7.09. The fourth-order valence-corrected chi connectivity index (χ4v) is 2.79. The van der Waals surface area contributed by atoms with Crippen LogP contribution in [0.4, 0.5) is 13.2 Å². The Balaban J connectivity index is 0.000000451. The van der Waals surface area contributed by atoms with Crippen molar-refractivity contribution in [3.63, 3.8) is 0 Å². The molecule has 0 radical (unpaired) electrons. The van der Waals surface area contributed by atoms with Crippen molar-refractivity contribution in [1.82, 2.24) is 30.6 Å². The number of carboxylic acid groups (broad SMARTS) is 2. The average molecular weight is 478 g/mol. The smallest absolute Gasteiger partial charge is 0.476 e. The molecule has 0 spiro atoms. The van der Waals surface area contributed by atoms with Gasteiger partial charge in [-0.15, -0.1) is 16.4 Å². The quantitative estimate of drug-likeness (QED) is 0.414. The minimum atomic E-state index is -5.08. The standard InChI is InChI=1S/C14H16N6O4S.C2HF3O2/c21-11(4-16-13(22)8-1-2-8)15-3-9-5-20(19-18-9)6-12-17-10(7-25-12)14(23)24;3-2(4,5)1(6)7/h5,7-8H,1-4,6H2,(H,15,21)(H,16,22)(H,23,24);(H,6,7). The number of hydrogen-bond donors (Lipinski definition) is 4. The van der Waals surface area contributed by atoms with E-state index in [1.54, 1.807) is 6.20 Å². The molecule has 16 heteroatoms. The van der Waals surface area contributed by atoms with Crippen molar-refractivity contribution in [2.45, 2.75) is 32.1 Å². The molecule has 174 valence electrons. The number of alkyl halides is 3. The molecule has 0 unspecified atom stereocenters. The monoisotopic (exact) mass is 478 g/mol. The third kappa shape index (κ3) is 8.29. The lowest BCUT2D eigenvalue weighted by atomic mass is 10.4. The summed E-state index contributed by atoms with van der Waals surface area (Å²) in [4.78, 5) is 46.8. The first-order valence-corrected chi connectivity index (χ1v) is 9.75. The van der Waals surface area contributed by atoms with E-state index in [9.17, 15) is 27.6 Å². The highest BCUT2D eigenvalue weighted by Gasteiger charge is 2.38. The number of thiazole rings is 1. The molecular weight excluding hydrogens is 461 g/mol. The SMILES string of the molecule is O=C(CNC(=O)C1CC1)NCc1cn(Cc2nc(C(=O)O)cs2)nn1.O=C(O)C(F)(F)F. The van der Waals surface area contributed by atoms with E-state index in [0.717, 1.165) is 12.8 Å². The van der Waals surface area contributed by atoms with Crippen LogP contribution in [0.15, 0.2) is 11.6 Å². The molecule has 0 saturated heterocycles. The zero-order valence-corrected chi connectivity index (χ0v) is 16.9. The van der Waals surface area contributed by atoms with Crippen LogP contribution in [0.1, 0.15) is 34.0 Å². The summed E-state index contributed by atoms with van der Waals surface area (Å²) < 4.78 is 33.3. The van der Waals surface area contributed by atoms with Gasteiger partial charge in [-0.1, -0.05) is 5.21 Å². The zero-order chi connectivity index (χ0) is 23.9. The van der Waals surface area contributed by atoms with E-state index in [-0.39, 0.29) is 36.5 Å². The normalized spacial score (nSPS) is 13.0. The molecule has 12 nitrogen and oxygen atoms in total. The largest absolute Gasteiger partial charge is 0.490 e. The van der Waals surface area contributed by atoms with Crippen molar-refractivity contribution in [1.29, 1.82) is 0 Å². The summed E-state index contributed by atoms with van der Waals surface area (Å²) in [7, 11) is 0. The maximum atomic E-state index is 11.7. The molecule has 3 rings (SSSR count). The number of carboxylic acids is 2. The molecule has 32 heavy (non-hydrogen) atoms. The Labute approximate surface area is 181 Å². The highest BCUT2D eigenvalue weighted by Crippen LogP contribution is 2.28. The minimum absolute atomic E-state index is 0.000784. The molecule has 2 aromatic rings. The number of amides is 2. The first kappa shape index (κ1) is 24.7. The summed E-state index contributed by atoms with van der Waals surface area (Å²) in [6.07, 6.45) is -1.65. The van der Waals surface area contributed by atoms with Crippen molar-refractivity contribution >= 4 is 35.1 Å². The molecule has 1 fully saturated rings. The summed E-state index contributed by atoms with van der Waals surface area (Å²) in [5.74, 6) is -4.13. The van der Waals surface area contributed by atoms with E-state index in [0.29, 0.717) is 17.2 Å². The van der Waals surface area contributed by atoms with Crippen LogP contribution in [0.5, 0.6) is 0 Å². The number of hydrogen-bond acceptors (Lipinski definition) is 8. The van der Waals surface area contributed by atoms with Crippen molar-refractivity contribution in [2.75, 3.05) is 6.54 Å². The van der Waals surface area contributed by atoms with Gasteiger partial charge in [0.25, 0.3) is 0 Å². The van der Waals surface area contributed by atoms with Gasteiger partial charge in [0.15, 0.2) is 5.69 Å². The second-order valence-electron chi connectivity index (χ2n) is 6.41. The van der Waals surface area contributed by atoms with Crippen LogP contribution in [0.3, 0.4) is 0 Å². The summed E-state index contributed by atoms with van der Waals surface area (Å²) in [5.41, 5.74) is 0.553. The van der Waals surface area contributed by atoms with Gasteiger partial charge in [-0.2, -0.15) is 13.2 Å². The van der Waals surface area contributed by atoms with Crippen LogP contribution in [-0.2, 0) is 27.5 Å². The fraction of sp³-hybridized carbons (Fsp3) is 0.438. The lowest BCUT2D eigenvalue weighted by Gasteiger charge is -2.04. The molecule has 0 aliphatic heterocycles. The van der Waals surface area contributed by atoms with Crippen LogP contribution >= 0.6 is 11.3 Å². The van der Waals surface area contributed by atoms with Crippen molar-refractivity contribution in [3.8, 4) is 0 Å². The Hall–Kier alpha value is -3.56. The average Bonchev–Trinajstić information content (AvgIpc) is 3.29. The lowest BCUT2D eigenvalue weighted by molar-refractivity contribution is -0.192. The van der Waals surface area contributed by atoms with Crippen molar-refractivity contribution in [3.05, 3.63) is 28.0 Å². The number of nitrogens with zero attached hydrogens (tertiary/aromatic N) is 4. The predicted octanol–water partition coefficient (Wildman–Crippen LogP) is 0.257. The Bertz CT molecular complexity index is 987. The van der Waals surface area contributed by atoms with E-state index in [1.807, 2.05) is 0 Å². The van der Waals surface area contributed by atoms with Crippen LogP contribution in [0, 0.1) is 5.92 Å². The number of aliphatic carboxylic acids is 1. The van der Waals surface area contributed by atoms with Gasteiger partial charge >= 0.3 is 18.1 Å². The fourth-order valence-electron chi connectivity index (χ4n) is 2.03. The summed E-state index contributed by atoms with van der Waals surface area (Å²) >= 11 is 1.23. The lowest BCUT2D eigenvalue weighted by Crippen LogP contribution is -2.37. The predicted molar refractivity (Wildman–Crippen MR) is 99.5 cm³/mol. The number of carbonyl (C=O) groups excluding carboxylic acids is 2. The Morgan fingerprint density at radius 2 is 1.84 bits per heavy atom. The van der Waals surface area contributed by atoms with E-state index in [2.05, 4.69) is 25.9 Å². The third-order valence-corrected chi connectivity index (χ3v) is 4.57. The first-order valence-electron chi connectivity index (χ1n) is 8.87. The summed E-state index contributed by atoms with van der Waals surface area (Å²) in [6, 6.07) is 0. The van der Waals surface area contributed by atoms with Gasteiger partial charge in [-0.05, 0) is 12.8 Å². The molecule has 1 aliphatic rings. The Morgan fingerprint density at radius 3 is 2.38 bits per heavy atom. The van der Waals surface area contributed by atoms with Crippen LogP contribution in [0.2, 0.25) is 0 Å². The van der Waals surface area contributed by atoms with Gasteiger partial charge in [0, 0.05) is 11.3 Å². The van der Waals surface area contributed by atoms with Gasteiger partial charge in [-0.3, -0.25) is 9.59 Å². The molecule has 0 aromatic carbocycles. The molecule has 1 saturated carbocycles. The molecule has 1 aliphatic carbocycles. The molecule has 0 bridgehead atoms. The van der Waals surface area contributed by atoms with E-state index in [1.165, 1.54) is 21.4 Å². The molecule has 4 N–H and O–H groups in total. The second kappa shape index (κ2) is 10.7. The summed E-state index contributed by atoms with van der Waals surface area (Å²) in [6.45, 7) is 0.438. The van der Waals surface area contributed by atoms with Crippen LogP contribution in [0.25, 0.3) is 0 Å². The maximum absolute atomic E-state index is 11.7. The number of aromatic nitrogens is 4. The van der Waals surface area contributed by atoms with E-state index < -0.39 is 18.1 Å². The van der Waals surface area contributed by atoms with Crippen molar-refractivity contribution < 1.29 is 42.6 Å². The van der Waals surface area contributed by atoms with Crippen molar-refractivity contribution in [2.24, 2.45) is 5.92 Å². The maximum Gasteiger partial charge on any atom is 0.490 e. The van der Waals surface area contributed by atoms with Gasteiger partial charge in [0.05, 0.1) is 25.8 Å². The van der Waals surface area contributed by atoms with Gasteiger partial charge in [0.2, 0.25) is 11.8 Å². The number of rotatable bonds is 8. The van der Waals surface area contributed by atoms with E-state index >= 15 is 0 Å². The van der Waals surface area contributed by atoms with E-state index in [4.69, 9.17) is 15.0 Å². The molecular formula is C16H17F3N6O6S. The van der Waals surface area contributed by atoms with Gasteiger partial charge < -0.3 is 20.8 Å². The third-order valence-electron chi connectivity index (χ3n) is 3.73. The second-order valence-corrected chi connectivity index (χ2v) is 7.35. The Kier molecular flexibility index (Phi) is 8.22. The molecule has 2 aromatic heterocycles. The number of halogens is 3. The van der Waals surface area contributed by atoms with Gasteiger partial charge in [0.1, 0.15) is 10.7 Å². The topological polar surface area (TPSA) is 176 Å². The molecule has 2 heterocycles. The Morgan fingerprint density at radius 1 is 1.19 bits per heavy atom. The number of aromatic carboxylic acids is 1. The zero-order valence-electron chi connectivity index (χ0n) is 16.1. The van der Waals surface area contributed by atoms with Crippen LogP contribution in [-0.4, -0.2) is 66.7 Å². The molecule has 0 atom stereocenters. The molecule has 2 amide bonds. The number of carbonyl (C=O) groups is 4. The van der Waals surface area contributed by atoms with Gasteiger partial charge in [-0.25, -0.2) is 19.3 Å². The minimum Gasteiger partial charge on any atom is -0.476 e. The number of nitrogens with one attached hydrogen (secondary N) is 2. The summed E-state index contributed by atoms with van der Waals surface area (Å²) in [5, 5.41) is 31.1. The van der Waals surface area contributed by atoms with Crippen LogP contribution < -0.4 is 10.6 Å².